The number of hydrogen-bond donors (Lipinski definition) is 2. The number of pyridine rings is 1. The SMILES string of the molecule is Nc1ccnc(NCc2cc3c(s2)CCC3)c1. The van der Waals surface area contributed by atoms with Crippen LogP contribution < -0.4 is 11.1 Å². The van der Waals surface area contributed by atoms with Crippen LogP contribution in [0.4, 0.5) is 11.5 Å². The van der Waals surface area contributed by atoms with Crippen LogP contribution >= 0.6 is 11.3 Å². The lowest BCUT2D eigenvalue weighted by Crippen LogP contribution is -2.00. The average Bonchev–Trinajstić information content (AvgIpc) is 2.86. The van der Waals surface area contributed by atoms with E-state index in [2.05, 4.69) is 16.4 Å². The normalized spacial score (nSPS) is 13.6. The largest absolute Gasteiger partial charge is 0.399 e. The standard InChI is InChI=1S/C13H15N3S/c14-10-4-5-15-13(7-10)16-8-11-6-9-2-1-3-12(9)17-11/h4-7H,1-3,8H2,(H3,14,15,16). The fourth-order valence-electron chi connectivity index (χ4n) is 2.20. The van der Waals surface area contributed by atoms with Crippen LogP contribution in [-0.2, 0) is 19.4 Å². The van der Waals surface area contributed by atoms with Crippen molar-refractivity contribution in [2.24, 2.45) is 0 Å². The highest BCUT2D eigenvalue weighted by Gasteiger charge is 2.14. The van der Waals surface area contributed by atoms with Crippen LogP contribution in [0.3, 0.4) is 0 Å². The van der Waals surface area contributed by atoms with Gasteiger partial charge in [0.2, 0.25) is 0 Å². The summed E-state index contributed by atoms with van der Waals surface area (Å²) in [6.45, 7) is 0.841. The lowest BCUT2D eigenvalue weighted by atomic mass is 10.2. The summed E-state index contributed by atoms with van der Waals surface area (Å²) in [5.41, 5.74) is 8.00. The molecule has 2 heterocycles. The summed E-state index contributed by atoms with van der Waals surface area (Å²) in [5, 5.41) is 3.31. The quantitative estimate of drug-likeness (QED) is 0.874. The number of aromatic nitrogens is 1. The van der Waals surface area contributed by atoms with E-state index in [9.17, 15) is 0 Å². The fourth-order valence-corrected chi connectivity index (χ4v) is 3.40. The summed E-state index contributed by atoms with van der Waals surface area (Å²) in [4.78, 5) is 7.19. The van der Waals surface area contributed by atoms with Crippen molar-refractivity contribution in [3.63, 3.8) is 0 Å². The second-order valence-corrected chi connectivity index (χ2v) is 5.56. The Balaban J connectivity index is 1.67. The molecule has 4 heteroatoms. The minimum absolute atomic E-state index is 0.746. The van der Waals surface area contributed by atoms with E-state index in [1.807, 2.05) is 17.4 Å². The second-order valence-electron chi connectivity index (χ2n) is 4.34. The Kier molecular flexibility index (Phi) is 2.73. The molecule has 0 aromatic carbocycles. The molecule has 0 spiro atoms. The maximum atomic E-state index is 5.71. The summed E-state index contributed by atoms with van der Waals surface area (Å²) in [6.07, 6.45) is 5.57. The number of rotatable bonds is 3. The van der Waals surface area contributed by atoms with Crippen LogP contribution in [0.25, 0.3) is 0 Å². The lowest BCUT2D eigenvalue weighted by molar-refractivity contribution is 0.913. The van der Waals surface area contributed by atoms with Crippen molar-refractivity contribution < 1.29 is 0 Å². The van der Waals surface area contributed by atoms with Crippen molar-refractivity contribution in [3.05, 3.63) is 39.7 Å². The van der Waals surface area contributed by atoms with Crippen molar-refractivity contribution >= 4 is 22.8 Å². The Morgan fingerprint density at radius 1 is 1.35 bits per heavy atom. The number of thiophene rings is 1. The summed E-state index contributed by atoms with van der Waals surface area (Å²) in [7, 11) is 0. The first kappa shape index (κ1) is 10.6. The maximum Gasteiger partial charge on any atom is 0.128 e. The number of nitrogens with zero attached hydrogens (tertiary/aromatic N) is 1. The van der Waals surface area contributed by atoms with Crippen molar-refractivity contribution in [2.75, 3.05) is 11.1 Å². The Morgan fingerprint density at radius 3 is 3.12 bits per heavy atom. The number of aryl methyl sites for hydroxylation is 2. The Labute approximate surface area is 105 Å². The number of nitrogen functional groups attached to an aromatic ring is 1. The molecule has 3 rings (SSSR count). The smallest absolute Gasteiger partial charge is 0.128 e. The van der Waals surface area contributed by atoms with Gasteiger partial charge in [-0.3, -0.25) is 0 Å². The minimum Gasteiger partial charge on any atom is -0.399 e. The highest BCUT2D eigenvalue weighted by molar-refractivity contribution is 7.12. The zero-order valence-corrected chi connectivity index (χ0v) is 10.4. The number of nitrogens with two attached hydrogens (primary N) is 1. The zero-order chi connectivity index (χ0) is 11.7. The van der Waals surface area contributed by atoms with E-state index in [4.69, 9.17) is 5.73 Å². The van der Waals surface area contributed by atoms with Crippen LogP contribution in [0.2, 0.25) is 0 Å². The molecule has 0 unspecified atom stereocenters. The maximum absolute atomic E-state index is 5.71. The molecule has 1 aliphatic carbocycles. The van der Waals surface area contributed by atoms with E-state index >= 15 is 0 Å². The third-order valence-corrected chi connectivity index (χ3v) is 4.26. The molecule has 0 atom stereocenters. The molecule has 0 saturated heterocycles. The van der Waals surface area contributed by atoms with Gasteiger partial charge in [0, 0.05) is 27.7 Å². The minimum atomic E-state index is 0.746. The summed E-state index contributed by atoms with van der Waals surface area (Å²) in [6, 6.07) is 5.98. The average molecular weight is 245 g/mol. The van der Waals surface area contributed by atoms with E-state index in [0.29, 0.717) is 0 Å². The Bertz CT molecular complexity index is 512. The van der Waals surface area contributed by atoms with Crippen molar-refractivity contribution in [3.8, 4) is 0 Å². The van der Waals surface area contributed by atoms with Crippen molar-refractivity contribution in [1.29, 1.82) is 0 Å². The zero-order valence-electron chi connectivity index (χ0n) is 9.57. The Morgan fingerprint density at radius 2 is 2.29 bits per heavy atom. The monoisotopic (exact) mass is 245 g/mol. The third-order valence-electron chi connectivity index (χ3n) is 3.03. The first-order chi connectivity index (χ1) is 8.31. The molecule has 17 heavy (non-hydrogen) atoms. The van der Waals surface area contributed by atoms with E-state index in [1.54, 1.807) is 22.7 Å². The molecule has 0 bridgehead atoms. The van der Waals surface area contributed by atoms with Gasteiger partial charge in [-0.1, -0.05) is 0 Å². The highest BCUT2D eigenvalue weighted by Crippen LogP contribution is 2.30. The van der Waals surface area contributed by atoms with Gasteiger partial charge >= 0.3 is 0 Å². The molecule has 88 valence electrons. The third kappa shape index (κ3) is 2.26. The molecule has 3 N–H and O–H groups in total. The number of hydrogen-bond acceptors (Lipinski definition) is 4. The molecule has 0 fully saturated rings. The van der Waals surface area contributed by atoms with Crippen LogP contribution in [-0.4, -0.2) is 4.98 Å². The molecule has 2 aromatic rings. The summed E-state index contributed by atoms with van der Waals surface area (Å²) >= 11 is 1.92. The number of fused-ring (bicyclic) bond motifs is 1. The van der Waals surface area contributed by atoms with Gasteiger partial charge in [0.05, 0.1) is 6.54 Å². The fraction of sp³-hybridized carbons (Fsp3) is 0.308. The number of nitrogens with one attached hydrogen (secondary N) is 1. The van der Waals surface area contributed by atoms with Crippen molar-refractivity contribution in [1.82, 2.24) is 4.98 Å². The van der Waals surface area contributed by atoms with E-state index in [-0.39, 0.29) is 0 Å². The first-order valence-electron chi connectivity index (χ1n) is 5.87. The van der Waals surface area contributed by atoms with Gasteiger partial charge in [-0.2, -0.15) is 0 Å². The van der Waals surface area contributed by atoms with E-state index in [0.717, 1.165) is 18.1 Å². The topological polar surface area (TPSA) is 50.9 Å². The van der Waals surface area contributed by atoms with Crippen LogP contribution in [0.5, 0.6) is 0 Å². The Hall–Kier alpha value is -1.55. The molecule has 0 saturated carbocycles. The van der Waals surface area contributed by atoms with Crippen LogP contribution in [0, 0.1) is 0 Å². The molecule has 2 aromatic heterocycles. The van der Waals surface area contributed by atoms with Gasteiger partial charge < -0.3 is 11.1 Å². The molecular formula is C13H15N3S. The first-order valence-corrected chi connectivity index (χ1v) is 6.69. The summed E-state index contributed by atoms with van der Waals surface area (Å²) < 4.78 is 0. The van der Waals surface area contributed by atoms with E-state index < -0.39 is 0 Å². The molecule has 0 aliphatic heterocycles. The summed E-state index contributed by atoms with van der Waals surface area (Å²) in [5.74, 6) is 0.846. The van der Waals surface area contributed by atoms with Crippen LogP contribution in [0.15, 0.2) is 24.4 Å². The van der Waals surface area contributed by atoms with Gasteiger partial charge in [-0.25, -0.2) is 4.98 Å². The predicted molar refractivity (Wildman–Crippen MR) is 72.3 cm³/mol. The predicted octanol–water partition coefficient (Wildman–Crippen LogP) is 2.83. The van der Waals surface area contributed by atoms with Gasteiger partial charge in [-0.05, 0) is 37.0 Å². The molecule has 3 nitrogen and oxygen atoms in total. The molecule has 1 aliphatic rings. The second kappa shape index (κ2) is 4.37. The molecule has 0 radical (unpaired) electrons. The van der Waals surface area contributed by atoms with Crippen LogP contribution in [0.1, 0.15) is 21.7 Å². The van der Waals surface area contributed by atoms with Gasteiger partial charge in [0.1, 0.15) is 5.82 Å². The van der Waals surface area contributed by atoms with Gasteiger partial charge in [-0.15, -0.1) is 11.3 Å². The van der Waals surface area contributed by atoms with Crippen molar-refractivity contribution in [2.45, 2.75) is 25.8 Å². The molecule has 0 amide bonds. The highest BCUT2D eigenvalue weighted by atomic mass is 32.1. The molecular weight excluding hydrogens is 230 g/mol. The van der Waals surface area contributed by atoms with E-state index in [1.165, 1.54) is 24.1 Å². The van der Waals surface area contributed by atoms with Gasteiger partial charge in [0.15, 0.2) is 0 Å². The lowest BCUT2D eigenvalue weighted by Gasteiger charge is -2.04. The van der Waals surface area contributed by atoms with Gasteiger partial charge in [0.25, 0.3) is 0 Å². The number of anilines is 2.